The standard InChI is InChI=1S/C20H25N3O2/c1-25-18(16-9-4-2-5-10-16)20(24)22-15-17-11-8-12-21-19(17)23-13-6-3-7-14-23/h2,4-5,8-12,18H,3,6-7,13-15H2,1H3,(H,22,24)/t18-/m1/s1. The van der Waals surface area contributed by atoms with Crippen LogP contribution in [-0.2, 0) is 16.1 Å². The Morgan fingerprint density at radius 3 is 2.64 bits per heavy atom. The number of nitrogens with zero attached hydrogens (tertiary/aromatic N) is 2. The predicted octanol–water partition coefficient (Wildman–Crippen LogP) is 3.08. The van der Waals surface area contributed by atoms with Gasteiger partial charge >= 0.3 is 0 Å². The number of anilines is 1. The van der Waals surface area contributed by atoms with E-state index in [1.165, 1.54) is 19.3 Å². The van der Waals surface area contributed by atoms with Crippen molar-refractivity contribution in [1.29, 1.82) is 0 Å². The van der Waals surface area contributed by atoms with Gasteiger partial charge in [0.1, 0.15) is 5.82 Å². The van der Waals surface area contributed by atoms with Crippen LogP contribution in [0, 0.1) is 0 Å². The van der Waals surface area contributed by atoms with Gasteiger partial charge in [-0.2, -0.15) is 0 Å². The smallest absolute Gasteiger partial charge is 0.254 e. The molecule has 0 unspecified atom stereocenters. The van der Waals surface area contributed by atoms with Gasteiger partial charge in [-0.05, 0) is 30.9 Å². The summed E-state index contributed by atoms with van der Waals surface area (Å²) in [4.78, 5) is 19.4. The molecule has 2 aromatic rings. The van der Waals surface area contributed by atoms with Crippen molar-refractivity contribution >= 4 is 11.7 Å². The minimum Gasteiger partial charge on any atom is -0.367 e. The van der Waals surface area contributed by atoms with Gasteiger partial charge < -0.3 is 15.0 Å². The molecule has 1 N–H and O–H groups in total. The van der Waals surface area contributed by atoms with Crippen molar-refractivity contribution in [1.82, 2.24) is 10.3 Å². The highest BCUT2D eigenvalue weighted by Gasteiger charge is 2.21. The summed E-state index contributed by atoms with van der Waals surface area (Å²) in [6.45, 7) is 2.51. The van der Waals surface area contributed by atoms with Crippen LogP contribution >= 0.6 is 0 Å². The highest BCUT2D eigenvalue weighted by Crippen LogP contribution is 2.22. The van der Waals surface area contributed by atoms with Gasteiger partial charge in [0.2, 0.25) is 0 Å². The van der Waals surface area contributed by atoms with Gasteiger partial charge in [-0.3, -0.25) is 4.79 Å². The lowest BCUT2D eigenvalue weighted by Crippen LogP contribution is -2.33. The number of carbonyl (C=O) groups is 1. The zero-order valence-corrected chi connectivity index (χ0v) is 14.6. The summed E-state index contributed by atoms with van der Waals surface area (Å²) in [6.07, 6.45) is 4.89. The Morgan fingerprint density at radius 2 is 1.92 bits per heavy atom. The lowest BCUT2D eigenvalue weighted by Gasteiger charge is -2.29. The predicted molar refractivity (Wildman–Crippen MR) is 98.3 cm³/mol. The van der Waals surface area contributed by atoms with Crippen LogP contribution in [0.2, 0.25) is 0 Å². The summed E-state index contributed by atoms with van der Waals surface area (Å²) in [5, 5.41) is 3.00. The van der Waals surface area contributed by atoms with E-state index in [-0.39, 0.29) is 5.91 Å². The molecule has 1 aliphatic rings. The van der Waals surface area contributed by atoms with Crippen molar-refractivity contribution in [3.63, 3.8) is 0 Å². The van der Waals surface area contributed by atoms with Crippen LogP contribution in [0.25, 0.3) is 0 Å². The molecule has 25 heavy (non-hydrogen) atoms. The second-order valence-electron chi connectivity index (χ2n) is 6.28. The molecule has 0 spiro atoms. The quantitative estimate of drug-likeness (QED) is 0.879. The number of hydrogen-bond donors (Lipinski definition) is 1. The monoisotopic (exact) mass is 339 g/mol. The topological polar surface area (TPSA) is 54.5 Å². The van der Waals surface area contributed by atoms with Gasteiger partial charge in [0.15, 0.2) is 6.10 Å². The molecule has 1 fully saturated rings. The van der Waals surface area contributed by atoms with Crippen LogP contribution in [0.15, 0.2) is 48.7 Å². The molecule has 2 heterocycles. The largest absolute Gasteiger partial charge is 0.367 e. The van der Waals surface area contributed by atoms with Gasteiger partial charge in [0, 0.05) is 38.5 Å². The third-order valence-corrected chi connectivity index (χ3v) is 4.55. The zero-order valence-electron chi connectivity index (χ0n) is 14.6. The van der Waals surface area contributed by atoms with Crippen LogP contribution in [0.5, 0.6) is 0 Å². The number of benzene rings is 1. The Morgan fingerprint density at radius 1 is 1.16 bits per heavy atom. The lowest BCUT2D eigenvalue weighted by molar-refractivity contribution is -0.131. The van der Waals surface area contributed by atoms with E-state index < -0.39 is 6.10 Å². The van der Waals surface area contributed by atoms with Crippen molar-refractivity contribution in [3.8, 4) is 0 Å². The first-order chi connectivity index (χ1) is 12.3. The summed E-state index contributed by atoms with van der Waals surface area (Å²) in [5.74, 6) is 0.846. The maximum absolute atomic E-state index is 12.6. The molecular weight excluding hydrogens is 314 g/mol. The Labute approximate surface area is 149 Å². The Kier molecular flexibility index (Phi) is 6.01. The molecule has 0 saturated carbocycles. The average Bonchev–Trinajstić information content (AvgIpc) is 2.69. The lowest BCUT2D eigenvalue weighted by atomic mass is 10.1. The fourth-order valence-electron chi connectivity index (χ4n) is 3.26. The van der Waals surface area contributed by atoms with Gasteiger partial charge in [-0.15, -0.1) is 0 Å². The SMILES string of the molecule is CO[C@@H](C(=O)NCc1cccnc1N1CCCCC1)c1ccccc1. The van der Waals surface area contributed by atoms with Crippen LogP contribution in [-0.4, -0.2) is 31.1 Å². The third kappa shape index (κ3) is 4.37. The molecular formula is C20H25N3O2. The maximum atomic E-state index is 12.6. The van der Waals surface area contributed by atoms with Gasteiger partial charge in [-0.25, -0.2) is 4.98 Å². The molecule has 0 bridgehead atoms. The number of piperidine rings is 1. The Balaban J connectivity index is 1.67. The van der Waals surface area contributed by atoms with Crippen molar-refractivity contribution in [2.45, 2.75) is 31.9 Å². The number of methoxy groups -OCH3 is 1. The molecule has 1 amide bonds. The molecule has 132 valence electrons. The van der Waals surface area contributed by atoms with Crippen LogP contribution in [0.3, 0.4) is 0 Å². The normalized spacial score (nSPS) is 15.6. The molecule has 1 aromatic heterocycles. The molecule has 5 nitrogen and oxygen atoms in total. The number of aromatic nitrogens is 1. The molecule has 3 rings (SSSR count). The highest BCUT2D eigenvalue weighted by molar-refractivity contribution is 5.82. The van der Waals surface area contributed by atoms with E-state index in [0.717, 1.165) is 30.0 Å². The molecule has 0 radical (unpaired) electrons. The first kappa shape index (κ1) is 17.4. The first-order valence-electron chi connectivity index (χ1n) is 8.84. The van der Waals surface area contributed by atoms with E-state index in [1.54, 1.807) is 7.11 Å². The Bertz CT molecular complexity index is 684. The maximum Gasteiger partial charge on any atom is 0.254 e. The number of nitrogens with one attached hydrogen (secondary N) is 1. The van der Waals surface area contributed by atoms with Gasteiger partial charge in [0.25, 0.3) is 5.91 Å². The number of rotatable bonds is 6. The summed E-state index contributed by atoms with van der Waals surface area (Å²) in [7, 11) is 1.56. The molecule has 0 aliphatic carbocycles. The number of amides is 1. The number of ether oxygens (including phenoxy) is 1. The third-order valence-electron chi connectivity index (χ3n) is 4.55. The number of carbonyl (C=O) groups excluding carboxylic acids is 1. The van der Waals surface area contributed by atoms with Crippen LogP contribution in [0.1, 0.15) is 36.5 Å². The first-order valence-corrected chi connectivity index (χ1v) is 8.84. The van der Waals surface area contributed by atoms with Crippen molar-refractivity contribution < 1.29 is 9.53 Å². The fourth-order valence-corrected chi connectivity index (χ4v) is 3.26. The Hall–Kier alpha value is -2.40. The highest BCUT2D eigenvalue weighted by atomic mass is 16.5. The molecule has 1 aromatic carbocycles. The van der Waals surface area contributed by atoms with Crippen molar-refractivity contribution in [2.75, 3.05) is 25.1 Å². The van der Waals surface area contributed by atoms with E-state index in [9.17, 15) is 4.79 Å². The van der Waals surface area contributed by atoms with E-state index in [0.29, 0.717) is 6.54 Å². The van der Waals surface area contributed by atoms with Gasteiger partial charge in [0.05, 0.1) is 0 Å². The minimum absolute atomic E-state index is 0.137. The molecule has 1 aliphatic heterocycles. The van der Waals surface area contributed by atoms with Crippen molar-refractivity contribution in [2.24, 2.45) is 0 Å². The summed E-state index contributed by atoms with van der Waals surface area (Å²) >= 11 is 0. The van der Waals surface area contributed by atoms with E-state index in [1.807, 2.05) is 48.7 Å². The van der Waals surface area contributed by atoms with Crippen LogP contribution in [0.4, 0.5) is 5.82 Å². The molecule has 5 heteroatoms. The van der Waals surface area contributed by atoms with E-state index in [2.05, 4.69) is 15.2 Å². The number of hydrogen-bond acceptors (Lipinski definition) is 4. The minimum atomic E-state index is -0.601. The molecule has 1 atom stereocenters. The van der Waals surface area contributed by atoms with Gasteiger partial charge in [-0.1, -0.05) is 36.4 Å². The second-order valence-corrected chi connectivity index (χ2v) is 6.28. The van der Waals surface area contributed by atoms with E-state index >= 15 is 0 Å². The number of pyridine rings is 1. The van der Waals surface area contributed by atoms with Crippen LogP contribution < -0.4 is 10.2 Å². The second kappa shape index (κ2) is 8.62. The average molecular weight is 339 g/mol. The van der Waals surface area contributed by atoms with Crippen molar-refractivity contribution in [3.05, 3.63) is 59.8 Å². The van der Waals surface area contributed by atoms with E-state index in [4.69, 9.17) is 4.74 Å². The summed E-state index contributed by atoms with van der Waals surface area (Å²) < 4.78 is 5.40. The molecule has 1 saturated heterocycles. The zero-order chi connectivity index (χ0) is 17.5. The fraction of sp³-hybridized carbons (Fsp3) is 0.400. The summed E-state index contributed by atoms with van der Waals surface area (Å²) in [5.41, 5.74) is 1.89. The summed E-state index contributed by atoms with van der Waals surface area (Å²) in [6, 6.07) is 13.5.